The Bertz CT molecular complexity index is 421. The summed E-state index contributed by atoms with van der Waals surface area (Å²) in [7, 11) is 0. The molecule has 0 saturated carbocycles. The summed E-state index contributed by atoms with van der Waals surface area (Å²) in [6.07, 6.45) is 2.85. The first-order valence-corrected chi connectivity index (χ1v) is 6.72. The molecular weight excluding hydrogens is 260 g/mol. The fourth-order valence-corrected chi connectivity index (χ4v) is 1.97. The average Bonchev–Trinajstić information content (AvgIpc) is 2.35. The van der Waals surface area contributed by atoms with Crippen LogP contribution in [0.2, 0.25) is 0 Å². The molecule has 1 heterocycles. The highest BCUT2D eigenvalue weighted by Gasteiger charge is 2.31. The van der Waals surface area contributed by atoms with Crippen LogP contribution in [0.25, 0.3) is 0 Å². The minimum atomic E-state index is -1.95. The number of carbonyl (C=O) groups excluding carboxylic acids is 1. The lowest BCUT2D eigenvalue weighted by Crippen LogP contribution is -2.51. The molecule has 6 nitrogen and oxygen atoms in total. The summed E-state index contributed by atoms with van der Waals surface area (Å²) in [5, 5.41) is 20.8. The maximum Gasteiger partial charge on any atom is 0.337 e. The van der Waals surface area contributed by atoms with E-state index in [4.69, 9.17) is 5.11 Å². The number of nitrogens with zero attached hydrogens (tertiary/aromatic N) is 1. The van der Waals surface area contributed by atoms with Crippen LogP contribution in [-0.2, 0) is 4.79 Å². The van der Waals surface area contributed by atoms with Crippen molar-refractivity contribution in [2.24, 2.45) is 5.41 Å². The summed E-state index contributed by atoms with van der Waals surface area (Å²) < 4.78 is 0. The molecule has 1 atom stereocenters. The highest BCUT2D eigenvalue weighted by atomic mass is 16.4. The minimum absolute atomic E-state index is 0.107. The van der Waals surface area contributed by atoms with E-state index in [2.05, 4.69) is 26.1 Å². The van der Waals surface area contributed by atoms with E-state index in [1.54, 1.807) is 4.90 Å². The molecule has 0 saturated heterocycles. The topological polar surface area (TPSA) is 89.9 Å². The smallest absolute Gasteiger partial charge is 0.337 e. The first-order valence-electron chi connectivity index (χ1n) is 6.72. The number of hydrogen-bond acceptors (Lipinski definition) is 3. The minimum Gasteiger partial charge on any atom is -0.479 e. The molecule has 0 aromatic rings. The predicted octanol–water partition coefficient (Wildman–Crippen LogP) is 1.21. The number of rotatable bonds is 3. The van der Waals surface area contributed by atoms with Crippen molar-refractivity contribution in [3.8, 4) is 0 Å². The van der Waals surface area contributed by atoms with E-state index in [9.17, 15) is 14.7 Å². The van der Waals surface area contributed by atoms with Crippen molar-refractivity contribution < 1.29 is 19.8 Å². The van der Waals surface area contributed by atoms with Crippen LogP contribution in [0.4, 0.5) is 4.79 Å². The first-order chi connectivity index (χ1) is 9.04. The fourth-order valence-electron chi connectivity index (χ4n) is 1.97. The van der Waals surface area contributed by atoms with Crippen LogP contribution in [0.3, 0.4) is 0 Å². The number of aliphatic hydroxyl groups is 1. The molecule has 2 amide bonds. The van der Waals surface area contributed by atoms with Gasteiger partial charge in [-0.05, 0) is 18.8 Å². The average molecular weight is 284 g/mol. The second-order valence-corrected chi connectivity index (χ2v) is 6.41. The maximum atomic E-state index is 11.9. The van der Waals surface area contributed by atoms with Crippen molar-refractivity contribution in [2.75, 3.05) is 19.6 Å². The third-order valence-corrected chi connectivity index (χ3v) is 3.50. The lowest BCUT2D eigenvalue weighted by Gasteiger charge is -2.32. The normalized spacial score (nSPS) is 19.1. The Morgan fingerprint density at radius 2 is 1.95 bits per heavy atom. The van der Waals surface area contributed by atoms with Crippen LogP contribution < -0.4 is 5.32 Å². The van der Waals surface area contributed by atoms with Crippen LogP contribution in [0.5, 0.6) is 0 Å². The zero-order valence-corrected chi connectivity index (χ0v) is 12.6. The molecule has 0 bridgehead atoms. The van der Waals surface area contributed by atoms with Gasteiger partial charge in [0, 0.05) is 13.1 Å². The van der Waals surface area contributed by atoms with E-state index in [0.717, 1.165) is 13.3 Å². The molecule has 1 rings (SSSR count). The zero-order valence-electron chi connectivity index (χ0n) is 12.6. The summed E-state index contributed by atoms with van der Waals surface area (Å²) in [6, 6.07) is -0.351. The van der Waals surface area contributed by atoms with Crippen LogP contribution in [0.1, 0.15) is 34.1 Å². The summed E-state index contributed by atoms with van der Waals surface area (Å²) >= 11 is 0. The fraction of sp³-hybridized carbons (Fsp3) is 0.714. The van der Waals surface area contributed by atoms with E-state index in [1.165, 1.54) is 5.57 Å². The van der Waals surface area contributed by atoms with Crippen LogP contribution >= 0.6 is 0 Å². The molecule has 0 radical (unpaired) electrons. The summed E-state index contributed by atoms with van der Waals surface area (Å²) in [4.78, 5) is 24.2. The number of carboxylic acid groups (broad SMARTS) is 1. The SMILES string of the molecule is CC(C)(C)C1=CCN(C(=O)NCC(C)(O)C(=O)O)CC1. The highest BCUT2D eigenvalue weighted by molar-refractivity contribution is 5.79. The third-order valence-electron chi connectivity index (χ3n) is 3.50. The van der Waals surface area contributed by atoms with Crippen molar-refractivity contribution in [1.29, 1.82) is 0 Å². The largest absolute Gasteiger partial charge is 0.479 e. The number of urea groups is 1. The van der Waals surface area contributed by atoms with Gasteiger partial charge in [-0.3, -0.25) is 0 Å². The molecule has 3 N–H and O–H groups in total. The zero-order chi connectivity index (χ0) is 15.6. The number of aliphatic carboxylic acids is 1. The molecular formula is C14H24N2O4. The Hall–Kier alpha value is -1.56. The quantitative estimate of drug-likeness (QED) is 0.679. The predicted molar refractivity (Wildman–Crippen MR) is 75.4 cm³/mol. The second kappa shape index (κ2) is 5.83. The van der Waals surface area contributed by atoms with E-state index >= 15 is 0 Å². The van der Waals surface area contributed by atoms with E-state index in [1.807, 2.05) is 6.08 Å². The Morgan fingerprint density at radius 3 is 2.35 bits per heavy atom. The van der Waals surface area contributed by atoms with Gasteiger partial charge in [-0.15, -0.1) is 0 Å². The van der Waals surface area contributed by atoms with Gasteiger partial charge in [0.25, 0.3) is 0 Å². The van der Waals surface area contributed by atoms with Crippen LogP contribution in [0, 0.1) is 5.41 Å². The van der Waals surface area contributed by atoms with Crippen molar-refractivity contribution in [1.82, 2.24) is 10.2 Å². The van der Waals surface area contributed by atoms with Crippen molar-refractivity contribution >= 4 is 12.0 Å². The standard InChI is InChI=1S/C14H24N2O4/c1-13(2,3)10-5-7-16(8-6-10)12(19)15-9-14(4,20)11(17)18/h5,20H,6-9H2,1-4H3,(H,15,19)(H,17,18). The maximum absolute atomic E-state index is 11.9. The molecule has 1 aliphatic rings. The number of hydrogen-bond donors (Lipinski definition) is 3. The number of carbonyl (C=O) groups is 2. The molecule has 0 aliphatic carbocycles. The van der Waals surface area contributed by atoms with Gasteiger partial charge in [-0.2, -0.15) is 0 Å². The van der Waals surface area contributed by atoms with Gasteiger partial charge in [0.1, 0.15) is 0 Å². The number of nitrogens with one attached hydrogen (secondary N) is 1. The lowest BCUT2D eigenvalue weighted by molar-refractivity contribution is -0.155. The van der Waals surface area contributed by atoms with Gasteiger partial charge in [-0.25, -0.2) is 9.59 Å². The van der Waals surface area contributed by atoms with Gasteiger partial charge in [0.05, 0.1) is 6.54 Å². The van der Waals surface area contributed by atoms with Gasteiger partial charge < -0.3 is 20.4 Å². The van der Waals surface area contributed by atoms with Crippen molar-refractivity contribution in [3.63, 3.8) is 0 Å². The van der Waals surface area contributed by atoms with Gasteiger partial charge in [-0.1, -0.05) is 32.4 Å². The van der Waals surface area contributed by atoms with Crippen molar-refractivity contribution in [2.45, 2.75) is 39.7 Å². The van der Waals surface area contributed by atoms with Crippen LogP contribution in [0.15, 0.2) is 11.6 Å². The molecule has 114 valence electrons. The molecule has 0 aromatic heterocycles. The van der Waals surface area contributed by atoms with E-state index < -0.39 is 11.6 Å². The monoisotopic (exact) mass is 284 g/mol. The number of amides is 2. The molecule has 0 aromatic carbocycles. The van der Waals surface area contributed by atoms with Gasteiger partial charge in [0.2, 0.25) is 0 Å². The summed E-state index contributed by atoms with van der Waals surface area (Å²) in [5.74, 6) is -1.36. The lowest BCUT2D eigenvalue weighted by atomic mass is 9.83. The Balaban J connectivity index is 2.52. The third kappa shape index (κ3) is 4.23. The Kier molecular flexibility index (Phi) is 4.81. The molecule has 20 heavy (non-hydrogen) atoms. The molecule has 1 aliphatic heterocycles. The Labute approximate surface area is 119 Å². The Morgan fingerprint density at radius 1 is 1.35 bits per heavy atom. The molecule has 0 spiro atoms. The molecule has 6 heteroatoms. The van der Waals surface area contributed by atoms with E-state index in [-0.39, 0.29) is 18.0 Å². The summed E-state index contributed by atoms with van der Waals surface area (Å²) in [5.41, 5.74) is -0.521. The summed E-state index contributed by atoms with van der Waals surface area (Å²) in [6.45, 7) is 8.37. The first kappa shape index (κ1) is 16.5. The number of carboxylic acids is 1. The van der Waals surface area contributed by atoms with E-state index in [0.29, 0.717) is 13.1 Å². The molecule has 1 unspecified atom stereocenters. The van der Waals surface area contributed by atoms with Gasteiger partial charge >= 0.3 is 12.0 Å². The highest BCUT2D eigenvalue weighted by Crippen LogP contribution is 2.29. The van der Waals surface area contributed by atoms with Crippen LogP contribution in [-0.4, -0.2) is 52.3 Å². The second-order valence-electron chi connectivity index (χ2n) is 6.41. The van der Waals surface area contributed by atoms with Crippen molar-refractivity contribution in [3.05, 3.63) is 11.6 Å². The molecule has 0 fully saturated rings. The van der Waals surface area contributed by atoms with Gasteiger partial charge in [0.15, 0.2) is 5.60 Å².